The molecule has 0 aliphatic carbocycles. The van der Waals surface area contributed by atoms with Crippen molar-refractivity contribution in [1.29, 1.82) is 0 Å². The van der Waals surface area contributed by atoms with Crippen molar-refractivity contribution in [3.8, 4) is 0 Å². The summed E-state index contributed by atoms with van der Waals surface area (Å²) in [7, 11) is 0. The Morgan fingerprint density at radius 3 is 2.74 bits per heavy atom. The van der Waals surface area contributed by atoms with E-state index in [2.05, 4.69) is 11.0 Å². The zero-order valence-corrected chi connectivity index (χ0v) is 11.3. The van der Waals surface area contributed by atoms with Crippen LogP contribution in [0.5, 0.6) is 0 Å². The average molecular weight is 258 g/mol. The van der Waals surface area contributed by atoms with Gasteiger partial charge in [0.25, 0.3) is 0 Å². The molecule has 3 heteroatoms. The Morgan fingerprint density at radius 1 is 1.11 bits per heavy atom. The van der Waals surface area contributed by atoms with Crippen molar-refractivity contribution >= 4 is 5.91 Å². The molecule has 0 bridgehead atoms. The number of benzene rings is 1. The maximum absolute atomic E-state index is 11.6. The van der Waals surface area contributed by atoms with E-state index in [0.717, 1.165) is 5.56 Å². The number of piperidine rings is 2. The second-order valence-electron chi connectivity index (χ2n) is 5.80. The Kier molecular flexibility index (Phi) is 3.56. The van der Waals surface area contributed by atoms with Gasteiger partial charge in [-0.05, 0) is 50.4 Å². The van der Waals surface area contributed by atoms with Crippen LogP contribution in [-0.4, -0.2) is 29.9 Å². The van der Waals surface area contributed by atoms with E-state index in [1.807, 2.05) is 18.2 Å². The van der Waals surface area contributed by atoms with Gasteiger partial charge in [-0.15, -0.1) is 0 Å². The highest BCUT2D eigenvalue weighted by Gasteiger charge is 2.35. The van der Waals surface area contributed by atoms with Crippen LogP contribution >= 0.6 is 0 Å². The van der Waals surface area contributed by atoms with Crippen LogP contribution in [0.2, 0.25) is 0 Å². The van der Waals surface area contributed by atoms with Crippen molar-refractivity contribution in [3.05, 3.63) is 35.4 Å². The van der Waals surface area contributed by atoms with Gasteiger partial charge in [0.05, 0.1) is 0 Å². The van der Waals surface area contributed by atoms with E-state index in [9.17, 15) is 4.79 Å². The maximum atomic E-state index is 11.6. The van der Waals surface area contributed by atoms with E-state index in [4.69, 9.17) is 5.73 Å². The number of carbonyl (C=O) groups excluding carboxylic acids is 1. The molecule has 2 aliphatic heterocycles. The Morgan fingerprint density at radius 2 is 1.89 bits per heavy atom. The van der Waals surface area contributed by atoms with E-state index >= 15 is 0 Å². The monoisotopic (exact) mass is 258 g/mol. The predicted molar refractivity (Wildman–Crippen MR) is 76.1 cm³/mol. The van der Waals surface area contributed by atoms with Gasteiger partial charge in [0.15, 0.2) is 0 Å². The average Bonchev–Trinajstić information content (AvgIpc) is 2.46. The standard InChI is InChI=1S/C16H22N2O/c17-16(19)14-7-2-1-6-12(14)13-8-5-11-18-10-4-3-9-15(13)18/h1-2,6-7,13,15H,3-5,8-11H2,(H2,17,19). The van der Waals surface area contributed by atoms with Crippen molar-refractivity contribution in [2.75, 3.05) is 13.1 Å². The quantitative estimate of drug-likeness (QED) is 0.886. The highest BCUT2D eigenvalue weighted by atomic mass is 16.1. The number of amides is 1. The van der Waals surface area contributed by atoms with E-state index in [0.29, 0.717) is 12.0 Å². The van der Waals surface area contributed by atoms with E-state index in [1.165, 1.54) is 50.8 Å². The lowest BCUT2D eigenvalue weighted by Crippen LogP contribution is -2.47. The SMILES string of the molecule is NC(=O)c1ccccc1C1CCCN2CCCCC12. The summed E-state index contributed by atoms with van der Waals surface area (Å²) in [5.74, 6) is 0.196. The van der Waals surface area contributed by atoms with Crippen molar-refractivity contribution in [2.45, 2.75) is 44.1 Å². The third kappa shape index (κ3) is 2.39. The van der Waals surface area contributed by atoms with Crippen molar-refractivity contribution in [1.82, 2.24) is 4.90 Å². The topological polar surface area (TPSA) is 46.3 Å². The maximum Gasteiger partial charge on any atom is 0.248 e. The summed E-state index contributed by atoms with van der Waals surface area (Å²) in [5, 5.41) is 0. The van der Waals surface area contributed by atoms with E-state index in [1.54, 1.807) is 0 Å². The van der Waals surface area contributed by atoms with Gasteiger partial charge in [-0.2, -0.15) is 0 Å². The fourth-order valence-electron chi connectivity index (χ4n) is 3.86. The lowest BCUT2D eigenvalue weighted by molar-refractivity contribution is 0.0879. The van der Waals surface area contributed by atoms with E-state index < -0.39 is 0 Å². The fourth-order valence-corrected chi connectivity index (χ4v) is 3.86. The smallest absolute Gasteiger partial charge is 0.248 e. The summed E-state index contributed by atoms with van der Waals surface area (Å²) in [4.78, 5) is 14.3. The van der Waals surface area contributed by atoms with Crippen LogP contribution in [0.3, 0.4) is 0 Å². The molecule has 3 nitrogen and oxygen atoms in total. The Labute approximate surface area is 114 Å². The highest BCUT2D eigenvalue weighted by molar-refractivity contribution is 5.94. The lowest BCUT2D eigenvalue weighted by atomic mass is 9.78. The molecule has 3 rings (SSSR count). The third-order valence-corrected chi connectivity index (χ3v) is 4.71. The molecule has 2 atom stereocenters. The molecule has 1 aromatic carbocycles. The van der Waals surface area contributed by atoms with Gasteiger partial charge in [-0.1, -0.05) is 24.6 Å². The molecule has 2 saturated heterocycles. The third-order valence-electron chi connectivity index (χ3n) is 4.71. The molecule has 19 heavy (non-hydrogen) atoms. The van der Waals surface area contributed by atoms with Gasteiger partial charge in [-0.3, -0.25) is 9.69 Å². The molecular weight excluding hydrogens is 236 g/mol. The molecule has 2 aliphatic rings. The first-order valence-corrected chi connectivity index (χ1v) is 7.40. The van der Waals surface area contributed by atoms with Gasteiger partial charge >= 0.3 is 0 Å². The van der Waals surface area contributed by atoms with Crippen LogP contribution < -0.4 is 5.73 Å². The number of fused-ring (bicyclic) bond motifs is 1. The first-order chi connectivity index (χ1) is 9.27. The molecule has 2 heterocycles. The van der Waals surface area contributed by atoms with Gasteiger partial charge in [-0.25, -0.2) is 0 Å². The van der Waals surface area contributed by atoms with Crippen molar-refractivity contribution < 1.29 is 4.79 Å². The summed E-state index contributed by atoms with van der Waals surface area (Å²) in [5.41, 5.74) is 7.43. The second kappa shape index (κ2) is 5.33. The molecule has 1 aromatic rings. The molecule has 0 spiro atoms. The number of nitrogens with zero attached hydrogens (tertiary/aromatic N) is 1. The number of hydrogen-bond acceptors (Lipinski definition) is 2. The van der Waals surface area contributed by atoms with Gasteiger partial charge in [0.2, 0.25) is 5.91 Å². The van der Waals surface area contributed by atoms with Crippen LogP contribution in [-0.2, 0) is 0 Å². The first kappa shape index (κ1) is 12.7. The largest absolute Gasteiger partial charge is 0.366 e. The number of carbonyl (C=O) groups is 1. The minimum absolute atomic E-state index is 0.288. The molecule has 0 saturated carbocycles. The van der Waals surface area contributed by atoms with Crippen LogP contribution in [0, 0.1) is 0 Å². The molecule has 2 unspecified atom stereocenters. The minimum atomic E-state index is -0.288. The number of rotatable bonds is 2. The first-order valence-electron chi connectivity index (χ1n) is 7.40. The highest BCUT2D eigenvalue weighted by Crippen LogP contribution is 2.38. The summed E-state index contributed by atoms with van der Waals surface area (Å²) < 4.78 is 0. The zero-order valence-electron chi connectivity index (χ0n) is 11.3. The lowest BCUT2D eigenvalue weighted by Gasteiger charge is -2.45. The summed E-state index contributed by atoms with van der Waals surface area (Å²) in [6.45, 7) is 2.44. The number of nitrogens with two attached hydrogens (primary N) is 1. The summed E-state index contributed by atoms with van der Waals surface area (Å²) >= 11 is 0. The normalized spacial score (nSPS) is 27.8. The molecule has 2 fully saturated rings. The van der Waals surface area contributed by atoms with Crippen LogP contribution in [0.15, 0.2) is 24.3 Å². The predicted octanol–water partition coefficient (Wildman–Crippen LogP) is 2.52. The Balaban J connectivity index is 1.94. The molecule has 1 amide bonds. The second-order valence-corrected chi connectivity index (χ2v) is 5.80. The van der Waals surface area contributed by atoms with Crippen molar-refractivity contribution in [2.24, 2.45) is 5.73 Å². The fraction of sp³-hybridized carbons (Fsp3) is 0.562. The molecular formula is C16H22N2O. The van der Waals surface area contributed by atoms with Gasteiger partial charge in [0, 0.05) is 17.5 Å². The number of primary amides is 1. The summed E-state index contributed by atoms with van der Waals surface area (Å²) in [6.07, 6.45) is 6.31. The Hall–Kier alpha value is -1.35. The van der Waals surface area contributed by atoms with Crippen LogP contribution in [0.25, 0.3) is 0 Å². The molecule has 0 aromatic heterocycles. The summed E-state index contributed by atoms with van der Waals surface area (Å²) in [6, 6.07) is 8.53. The molecule has 2 N–H and O–H groups in total. The Bertz CT molecular complexity index is 470. The number of hydrogen-bond donors (Lipinski definition) is 1. The molecule has 0 radical (unpaired) electrons. The minimum Gasteiger partial charge on any atom is -0.366 e. The van der Waals surface area contributed by atoms with Crippen molar-refractivity contribution in [3.63, 3.8) is 0 Å². The van der Waals surface area contributed by atoms with Gasteiger partial charge < -0.3 is 5.73 Å². The zero-order chi connectivity index (χ0) is 13.2. The van der Waals surface area contributed by atoms with Crippen LogP contribution in [0.1, 0.15) is 53.9 Å². The van der Waals surface area contributed by atoms with Gasteiger partial charge in [0.1, 0.15) is 0 Å². The molecule has 102 valence electrons. The van der Waals surface area contributed by atoms with E-state index in [-0.39, 0.29) is 5.91 Å². The van der Waals surface area contributed by atoms with Crippen LogP contribution in [0.4, 0.5) is 0 Å².